The van der Waals surface area contributed by atoms with Crippen LogP contribution in [0.4, 0.5) is 5.69 Å². The molecule has 8 nitrogen and oxygen atoms in total. The van der Waals surface area contributed by atoms with Crippen LogP contribution >= 0.6 is 0 Å². The molecule has 2 amide bonds. The molecule has 0 aromatic heterocycles. The molecule has 1 atom stereocenters. The number of rotatable bonds is 5. The summed E-state index contributed by atoms with van der Waals surface area (Å²) < 4.78 is 32.9. The molecule has 2 saturated heterocycles. The number of benzene rings is 2. The lowest BCUT2D eigenvalue weighted by molar-refractivity contribution is -0.136. The number of piperazine rings is 1. The van der Waals surface area contributed by atoms with Crippen molar-refractivity contribution in [2.24, 2.45) is 5.92 Å². The molecule has 2 aliphatic heterocycles. The van der Waals surface area contributed by atoms with Crippen molar-refractivity contribution in [3.05, 3.63) is 53.6 Å². The van der Waals surface area contributed by atoms with E-state index in [2.05, 4.69) is 0 Å². The third-order valence-electron chi connectivity index (χ3n) is 6.34. The molecule has 2 aromatic rings. The molecule has 33 heavy (non-hydrogen) atoms. The number of carbonyl (C=O) groups is 2. The summed E-state index contributed by atoms with van der Waals surface area (Å²) in [5.74, 6) is 0.0115. The van der Waals surface area contributed by atoms with Crippen LogP contribution in [0, 0.1) is 19.8 Å². The number of anilines is 1. The Labute approximate surface area is 194 Å². The van der Waals surface area contributed by atoms with Crippen LogP contribution < -0.4 is 9.64 Å². The van der Waals surface area contributed by atoms with Crippen molar-refractivity contribution in [1.82, 2.24) is 9.21 Å². The first-order valence-electron chi connectivity index (χ1n) is 11.0. The lowest BCUT2D eigenvalue weighted by atomic mass is 10.1. The molecule has 0 bridgehead atoms. The summed E-state index contributed by atoms with van der Waals surface area (Å²) >= 11 is 0. The van der Waals surface area contributed by atoms with Crippen molar-refractivity contribution < 1.29 is 22.7 Å². The summed E-state index contributed by atoms with van der Waals surface area (Å²) in [6, 6.07) is 12.5. The monoisotopic (exact) mass is 471 g/mol. The second-order valence-electron chi connectivity index (χ2n) is 8.61. The van der Waals surface area contributed by atoms with E-state index < -0.39 is 15.9 Å². The molecule has 0 saturated carbocycles. The number of ether oxygens (including phenoxy) is 1. The van der Waals surface area contributed by atoms with Crippen LogP contribution in [0.25, 0.3) is 0 Å². The summed E-state index contributed by atoms with van der Waals surface area (Å²) in [6.45, 7) is 5.14. The maximum absolute atomic E-state index is 13.1. The summed E-state index contributed by atoms with van der Waals surface area (Å²) in [5, 5.41) is 0. The normalized spacial score (nSPS) is 19.7. The zero-order valence-corrected chi connectivity index (χ0v) is 20.0. The van der Waals surface area contributed by atoms with E-state index in [1.54, 1.807) is 48.1 Å². The van der Waals surface area contributed by atoms with E-state index in [0.717, 1.165) is 11.1 Å². The number of methoxy groups -OCH3 is 1. The maximum atomic E-state index is 13.1. The summed E-state index contributed by atoms with van der Waals surface area (Å²) in [4.78, 5) is 29.3. The van der Waals surface area contributed by atoms with Crippen LogP contribution in [0.5, 0.6) is 5.75 Å². The van der Waals surface area contributed by atoms with Gasteiger partial charge in [0.15, 0.2) is 0 Å². The standard InChI is InChI=1S/C24H29N3O5S/c1-17-7-8-22(18(2)13-17)33(30,31)26-11-9-25(10-12-26)24(29)19-14-23(28)27(16-19)20-5-4-6-21(15-20)32-3/h4-8,13,15,19H,9-12,14,16H2,1-3H3/t19-/m0/s1. The van der Waals surface area contributed by atoms with E-state index in [1.165, 1.54) is 4.31 Å². The van der Waals surface area contributed by atoms with E-state index in [4.69, 9.17) is 4.74 Å². The fourth-order valence-corrected chi connectivity index (χ4v) is 6.16. The number of sulfonamides is 1. The van der Waals surface area contributed by atoms with E-state index in [-0.39, 0.29) is 31.3 Å². The predicted molar refractivity (Wildman–Crippen MR) is 125 cm³/mol. The highest BCUT2D eigenvalue weighted by Crippen LogP contribution is 2.29. The van der Waals surface area contributed by atoms with Gasteiger partial charge in [0, 0.05) is 50.9 Å². The fourth-order valence-electron chi connectivity index (χ4n) is 4.54. The molecular formula is C24H29N3O5S. The minimum absolute atomic E-state index is 0.0994. The molecule has 4 rings (SSSR count). The van der Waals surface area contributed by atoms with Gasteiger partial charge in [0.25, 0.3) is 0 Å². The first-order chi connectivity index (χ1) is 15.7. The van der Waals surface area contributed by atoms with Crippen LogP contribution in [0.15, 0.2) is 47.4 Å². The van der Waals surface area contributed by atoms with Gasteiger partial charge in [-0.25, -0.2) is 8.42 Å². The Morgan fingerprint density at radius 3 is 2.42 bits per heavy atom. The van der Waals surface area contributed by atoms with Gasteiger partial charge >= 0.3 is 0 Å². The number of nitrogens with zero attached hydrogens (tertiary/aromatic N) is 3. The van der Waals surface area contributed by atoms with Crippen LogP contribution in [-0.2, 0) is 19.6 Å². The van der Waals surface area contributed by atoms with Crippen molar-refractivity contribution in [2.75, 3.05) is 44.7 Å². The SMILES string of the molecule is COc1cccc(N2C[C@@H](C(=O)N3CCN(S(=O)(=O)c4ccc(C)cc4C)CC3)CC2=O)c1. The van der Waals surface area contributed by atoms with Crippen molar-refractivity contribution in [2.45, 2.75) is 25.2 Å². The highest BCUT2D eigenvalue weighted by atomic mass is 32.2. The quantitative estimate of drug-likeness (QED) is 0.667. The zero-order chi connectivity index (χ0) is 23.8. The molecule has 2 fully saturated rings. The van der Waals surface area contributed by atoms with Crippen molar-refractivity contribution in [3.8, 4) is 5.75 Å². The molecule has 176 valence electrons. The van der Waals surface area contributed by atoms with Crippen LogP contribution in [0.3, 0.4) is 0 Å². The molecule has 0 unspecified atom stereocenters. The Kier molecular flexibility index (Phi) is 6.45. The van der Waals surface area contributed by atoms with Gasteiger partial charge in [-0.1, -0.05) is 23.8 Å². The van der Waals surface area contributed by atoms with Crippen molar-refractivity contribution >= 4 is 27.5 Å². The Hall–Kier alpha value is -2.91. The second-order valence-corrected chi connectivity index (χ2v) is 10.5. The fraction of sp³-hybridized carbons (Fsp3) is 0.417. The minimum Gasteiger partial charge on any atom is -0.497 e. The van der Waals surface area contributed by atoms with Gasteiger partial charge in [0.05, 0.1) is 17.9 Å². The molecule has 0 spiro atoms. The Morgan fingerprint density at radius 1 is 1.03 bits per heavy atom. The van der Waals surface area contributed by atoms with Gasteiger partial charge in [0.2, 0.25) is 21.8 Å². The zero-order valence-electron chi connectivity index (χ0n) is 19.2. The van der Waals surface area contributed by atoms with E-state index in [9.17, 15) is 18.0 Å². The van der Waals surface area contributed by atoms with Gasteiger partial charge in [0.1, 0.15) is 5.75 Å². The number of hydrogen-bond acceptors (Lipinski definition) is 5. The maximum Gasteiger partial charge on any atom is 0.243 e. The topological polar surface area (TPSA) is 87.2 Å². The highest BCUT2D eigenvalue weighted by Gasteiger charge is 2.39. The van der Waals surface area contributed by atoms with Crippen molar-refractivity contribution in [1.29, 1.82) is 0 Å². The van der Waals surface area contributed by atoms with Crippen molar-refractivity contribution in [3.63, 3.8) is 0 Å². The Morgan fingerprint density at radius 2 is 1.76 bits per heavy atom. The second kappa shape index (κ2) is 9.15. The summed E-state index contributed by atoms with van der Waals surface area (Å²) in [6.07, 6.45) is 0.150. The third-order valence-corrected chi connectivity index (χ3v) is 8.40. The number of carbonyl (C=O) groups excluding carboxylic acids is 2. The highest BCUT2D eigenvalue weighted by molar-refractivity contribution is 7.89. The van der Waals surface area contributed by atoms with Crippen LogP contribution in [0.1, 0.15) is 17.5 Å². The van der Waals surface area contributed by atoms with Crippen LogP contribution in [-0.4, -0.2) is 69.3 Å². The van der Waals surface area contributed by atoms with Gasteiger partial charge < -0.3 is 14.5 Å². The van der Waals surface area contributed by atoms with Gasteiger partial charge in [-0.3, -0.25) is 9.59 Å². The molecule has 2 aliphatic rings. The number of aryl methyl sites for hydroxylation is 2. The average Bonchev–Trinajstić information content (AvgIpc) is 3.20. The predicted octanol–water partition coefficient (Wildman–Crippen LogP) is 2.20. The molecule has 0 N–H and O–H groups in total. The smallest absolute Gasteiger partial charge is 0.243 e. The third kappa shape index (κ3) is 4.60. The Balaban J connectivity index is 1.40. The van der Waals surface area contributed by atoms with Gasteiger partial charge in [-0.15, -0.1) is 0 Å². The molecular weight excluding hydrogens is 442 g/mol. The van der Waals surface area contributed by atoms with E-state index in [0.29, 0.717) is 36.0 Å². The van der Waals surface area contributed by atoms with E-state index in [1.807, 2.05) is 25.1 Å². The summed E-state index contributed by atoms with van der Waals surface area (Å²) in [7, 11) is -2.05. The largest absolute Gasteiger partial charge is 0.497 e. The molecule has 0 aliphatic carbocycles. The first-order valence-corrected chi connectivity index (χ1v) is 12.5. The molecule has 0 radical (unpaired) electrons. The first kappa shape index (κ1) is 23.3. The minimum atomic E-state index is -3.62. The molecule has 9 heteroatoms. The van der Waals surface area contributed by atoms with Gasteiger partial charge in [-0.2, -0.15) is 4.31 Å². The number of amides is 2. The molecule has 2 aromatic carbocycles. The Bertz CT molecular complexity index is 1170. The lowest BCUT2D eigenvalue weighted by Gasteiger charge is -2.35. The average molecular weight is 472 g/mol. The molecule has 2 heterocycles. The number of hydrogen-bond donors (Lipinski definition) is 0. The summed E-state index contributed by atoms with van der Waals surface area (Å²) in [5.41, 5.74) is 2.44. The van der Waals surface area contributed by atoms with Crippen LogP contribution in [0.2, 0.25) is 0 Å². The lowest BCUT2D eigenvalue weighted by Crippen LogP contribution is -2.52. The van der Waals surface area contributed by atoms with E-state index >= 15 is 0 Å². The van der Waals surface area contributed by atoms with Gasteiger partial charge in [-0.05, 0) is 37.6 Å².